The zero-order valence-electron chi connectivity index (χ0n) is 10.6. The Morgan fingerprint density at radius 3 is 2.95 bits per heavy atom. The summed E-state index contributed by atoms with van der Waals surface area (Å²) in [5.41, 5.74) is 5.46. The smallest absolute Gasteiger partial charge is 0.244 e. The van der Waals surface area contributed by atoms with Crippen molar-refractivity contribution < 1.29 is 12.8 Å². The Bertz CT molecular complexity index is 536. The molecule has 2 rings (SSSR count). The van der Waals surface area contributed by atoms with Crippen molar-refractivity contribution in [3.05, 3.63) is 24.3 Å². The molecule has 0 radical (unpaired) electrons. The Hall–Kier alpha value is -1.05. The average Bonchev–Trinajstić information content (AvgIpc) is 2.85. The highest BCUT2D eigenvalue weighted by molar-refractivity contribution is 7.89. The first kappa shape index (κ1) is 14.4. The second-order valence-corrected chi connectivity index (χ2v) is 6.57. The fourth-order valence-electron chi connectivity index (χ4n) is 2.44. The minimum atomic E-state index is -3.65. The lowest BCUT2D eigenvalue weighted by Gasteiger charge is -2.23. The van der Waals surface area contributed by atoms with Gasteiger partial charge >= 0.3 is 0 Å². The maximum Gasteiger partial charge on any atom is 0.244 e. The van der Waals surface area contributed by atoms with Crippen LogP contribution in [0.5, 0.6) is 0 Å². The van der Waals surface area contributed by atoms with Gasteiger partial charge in [0.25, 0.3) is 0 Å². The number of halogens is 1. The highest BCUT2D eigenvalue weighted by atomic mass is 32.2. The van der Waals surface area contributed by atoms with Crippen LogP contribution in [-0.2, 0) is 10.0 Å². The van der Waals surface area contributed by atoms with Gasteiger partial charge in [-0.25, -0.2) is 12.8 Å². The normalized spacial score (nSPS) is 20.8. The van der Waals surface area contributed by atoms with Crippen LogP contribution in [0.15, 0.2) is 23.4 Å². The fourth-order valence-corrected chi connectivity index (χ4v) is 4.14. The summed E-state index contributed by atoms with van der Waals surface area (Å²) in [6.45, 7) is 1.03. The molecule has 1 aliphatic rings. The summed E-state index contributed by atoms with van der Waals surface area (Å²) < 4.78 is 39.5. The van der Waals surface area contributed by atoms with E-state index >= 15 is 0 Å². The molecule has 1 fully saturated rings. The Labute approximate surface area is 112 Å². The van der Waals surface area contributed by atoms with Gasteiger partial charge in [0.1, 0.15) is 10.7 Å². The molecule has 0 aliphatic carbocycles. The molecule has 1 aromatic heterocycles. The van der Waals surface area contributed by atoms with E-state index in [0.29, 0.717) is 13.1 Å². The molecule has 1 unspecified atom stereocenters. The molecule has 0 bridgehead atoms. The summed E-state index contributed by atoms with van der Waals surface area (Å²) in [6, 6.07) is 0.984. The zero-order valence-corrected chi connectivity index (χ0v) is 11.4. The van der Waals surface area contributed by atoms with Gasteiger partial charge in [0.2, 0.25) is 10.0 Å². The average molecular weight is 287 g/mol. The van der Waals surface area contributed by atoms with E-state index in [1.165, 1.54) is 10.5 Å². The van der Waals surface area contributed by atoms with Gasteiger partial charge in [0.05, 0.1) is 6.20 Å². The van der Waals surface area contributed by atoms with Crippen molar-refractivity contribution >= 4 is 10.0 Å². The van der Waals surface area contributed by atoms with Crippen LogP contribution in [0.25, 0.3) is 0 Å². The minimum Gasteiger partial charge on any atom is -0.330 e. The van der Waals surface area contributed by atoms with Gasteiger partial charge < -0.3 is 5.73 Å². The van der Waals surface area contributed by atoms with Crippen molar-refractivity contribution in [2.45, 2.75) is 36.6 Å². The second-order valence-electron chi connectivity index (χ2n) is 4.68. The van der Waals surface area contributed by atoms with Gasteiger partial charge in [-0.15, -0.1) is 0 Å². The molecule has 1 aromatic rings. The van der Waals surface area contributed by atoms with E-state index < -0.39 is 15.8 Å². The quantitative estimate of drug-likeness (QED) is 0.880. The lowest BCUT2D eigenvalue weighted by atomic mass is 10.1. The van der Waals surface area contributed by atoms with Crippen molar-refractivity contribution in [2.24, 2.45) is 5.73 Å². The van der Waals surface area contributed by atoms with Crippen molar-refractivity contribution in [3.8, 4) is 0 Å². The third kappa shape index (κ3) is 3.10. The molecular formula is C12H18FN3O2S. The Morgan fingerprint density at radius 1 is 1.47 bits per heavy atom. The molecule has 0 aromatic carbocycles. The van der Waals surface area contributed by atoms with Crippen molar-refractivity contribution in [1.82, 2.24) is 9.29 Å². The van der Waals surface area contributed by atoms with Crippen LogP contribution < -0.4 is 5.73 Å². The van der Waals surface area contributed by atoms with Crippen LogP contribution in [0.2, 0.25) is 0 Å². The summed E-state index contributed by atoms with van der Waals surface area (Å²) in [6.07, 6.45) is 5.39. The SMILES string of the molecule is NCCCC1CCCN1S(=O)(=O)c1cncc(F)c1. The maximum absolute atomic E-state index is 13.1. The van der Waals surface area contributed by atoms with E-state index in [0.717, 1.165) is 37.9 Å². The largest absolute Gasteiger partial charge is 0.330 e. The van der Waals surface area contributed by atoms with Crippen LogP contribution in [0.3, 0.4) is 0 Å². The van der Waals surface area contributed by atoms with E-state index in [-0.39, 0.29) is 10.9 Å². The lowest BCUT2D eigenvalue weighted by Crippen LogP contribution is -2.35. The number of nitrogens with two attached hydrogens (primary N) is 1. The molecule has 0 amide bonds. The third-order valence-electron chi connectivity index (χ3n) is 3.35. The number of hydrogen-bond acceptors (Lipinski definition) is 4. The Kier molecular flexibility index (Phi) is 4.49. The number of nitrogens with zero attached hydrogens (tertiary/aromatic N) is 2. The molecular weight excluding hydrogens is 269 g/mol. The highest BCUT2D eigenvalue weighted by Gasteiger charge is 2.35. The topological polar surface area (TPSA) is 76.3 Å². The lowest BCUT2D eigenvalue weighted by molar-refractivity contribution is 0.365. The van der Waals surface area contributed by atoms with E-state index in [2.05, 4.69) is 4.98 Å². The first-order chi connectivity index (χ1) is 9.05. The standard InChI is InChI=1S/C12H18FN3O2S/c13-10-7-12(9-15-8-10)19(17,18)16-6-2-4-11(16)3-1-5-14/h7-9,11H,1-6,14H2. The van der Waals surface area contributed by atoms with Gasteiger partial charge in [-0.3, -0.25) is 4.98 Å². The molecule has 19 heavy (non-hydrogen) atoms. The van der Waals surface area contributed by atoms with E-state index in [9.17, 15) is 12.8 Å². The first-order valence-corrected chi connectivity index (χ1v) is 7.82. The van der Waals surface area contributed by atoms with E-state index in [1.54, 1.807) is 0 Å². The van der Waals surface area contributed by atoms with Gasteiger partial charge in [-0.1, -0.05) is 0 Å². The van der Waals surface area contributed by atoms with Gasteiger partial charge in [-0.2, -0.15) is 4.31 Å². The molecule has 2 heterocycles. The molecule has 106 valence electrons. The molecule has 0 spiro atoms. The predicted octanol–water partition coefficient (Wildman–Crippen LogP) is 1.11. The summed E-state index contributed by atoms with van der Waals surface area (Å²) in [7, 11) is -3.65. The molecule has 2 N–H and O–H groups in total. The number of sulfonamides is 1. The number of aromatic nitrogens is 1. The summed E-state index contributed by atoms with van der Waals surface area (Å²) in [5, 5.41) is 0. The molecule has 1 saturated heterocycles. The van der Waals surface area contributed by atoms with Gasteiger partial charge in [0, 0.05) is 18.8 Å². The fraction of sp³-hybridized carbons (Fsp3) is 0.583. The van der Waals surface area contributed by atoms with Crippen LogP contribution in [0.1, 0.15) is 25.7 Å². The second kappa shape index (κ2) is 5.94. The van der Waals surface area contributed by atoms with Crippen LogP contribution in [0, 0.1) is 5.82 Å². The van der Waals surface area contributed by atoms with E-state index in [4.69, 9.17) is 5.73 Å². The van der Waals surface area contributed by atoms with Crippen molar-refractivity contribution in [3.63, 3.8) is 0 Å². The summed E-state index contributed by atoms with van der Waals surface area (Å²) in [4.78, 5) is 3.53. The molecule has 7 heteroatoms. The zero-order chi connectivity index (χ0) is 13.9. The molecule has 1 atom stereocenters. The third-order valence-corrected chi connectivity index (χ3v) is 5.27. The predicted molar refractivity (Wildman–Crippen MR) is 69.4 cm³/mol. The summed E-state index contributed by atoms with van der Waals surface area (Å²) in [5.74, 6) is -0.640. The van der Waals surface area contributed by atoms with Crippen molar-refractivity contribution in [2.75, 3.05) is 13.1 Å². The van der Waals surface area contributed by atoms with Gasteiger partial charge in [0.15, 0.2) is 0 Å². The number of hydrogen-bond donors (Lipinski definition) is 1. The maximum atomic E-state index is 13.1. The number of pyridine rings is 1. The van der Waals surface area contributed by atoms with Gasteiger partial charge in [-0.05, 0) is 38.3 Å². The molecule has 5 nitrogen and oxygen atoms in total. The van der Waals surface area contributed by atoms with Crippen LogP contribution >= 0.6 is 0 Å². The monoisotopic (exact) mass is 287 g/mol. The first-order valence-electron chi connectivity index (χ1n) is 6.38. The van der Waals surface area contributed by atoms with E-state index in [1.807, 2.05) is 0 Å². The molecule has 1 aliphatic heterocycles. The van der Waals surface area contributed by atoms with Crippen LogP contribution in [0.4, 0.5) is 4.39 Å². The molecule has 0 saturated carbocycles. The highest BCUT2D eigenvalue weighted by Crippen LogP contribution is 2.28. The van der Waals surface area contributed by atoms with Crippen molar-refractivity contribution in [1.29, 1.82) is 0 Å². The summed E-state index contributed by atoms with van der Waals surface area (Å²) >= 11 is 0. The Balaban J connectivity index is 2.23. The Morgan fingerprint density at radius 2 is 2.26 bits per heavy atom. The minimum absolute atomic E-state index is 0.0307. The number of rotatable bonds is 5. The van der Waals surface area contributed by atoms with Crippen LogP contribution in [-0.4, -0.2) is 36.8 Å².